The molecule has 0 atom stereocenters. The summed E-state index contributed by atoms with van der Waals surface area (Å²) in [7, 11) is -2.17. The molecule has 0 saturated carbocycles. The van der Waals surface area contributed by atoms with Gasteiger partial charge in [0.2, 0.25) is 10.0 Å². The molecule has 162 valence electrons. The van der Waals surface area contributed by atoms with Crippen molar-refractivity contribution in [1.29, 1.82) is 0 Å². The van der Waals surface area contributed by atoms with E-state index in [9.17, 15) is 8.42 Å². The topological polar surface area (TPSA) is 78.9 Å². The average molecular weight is 496 g/mol. The van der Waals surface area contributed by atoms with Crippen molar-refractivity contribution in [3.8, 4) is 5.75 Å². The predicted octanol–water partition coefficient (Wildman–Crippen LogP) is 2.75. The molecule has 2 aliphatic heterocycles. The van der Waals surface area contributed by atoms with E-state index in [1.54, 1.807) is 18.2 Å². The van der Waals surface area contributed by atoms with Crippen LogP contribution in [0.5, 0.6) is 5.75 Å². The first-order chi connectivity index (χ1) is 14.5. The molecule has 4 rings (SSSR count). The molecule has 1 aromatic carbocycles. The quantitative estimate of drug-likeness (QED) is 0.630. The van der Waals surface area contributed by atoms with E-state index in [1.807, 2.05) is 12.1 Å². The van der Waals surface area contributed by atoms with Crippen molar-refractivity contribution >= 4 is 37.6 Å². The Morgan fingerprint density at radius 1 is 0.867 bits per heavy atom. The highest BCUT2D eigenvalue weighted by molar-refractivity contribution is 9.10. The van der Waals surface area contributed by atoms with Gasteiger partial charge in [0, 0.05) is 43.7 Å². The second-order valence-corrected chi connectivity index (χ2v) is 10.3. The van der Waals surface area contributed by atoms with Crippen LogP contribution in [0.1, 0.15) is 19.3 Å². The lowest BCUT2D eigenvalue weighted by Gasteiger charge is -2.35. The Bertz CT molecular complexity index is 972. The van der Waals surface area contributed by atoms with Gasteiger partial charge in [0.25, 0.3) is 0 Å². The number of rotatable bonds is 5. The van der Waals surface area contributed by atoms with Crippen LogP contribution in [0.4, 0.5) is 11.6 Å². The second-order valence-electron chi connectivity index (χ2n) is 7.48. The van der Waals surface area contributed by atoms with Crippen molar-refractivity contribution in [1.82, 2.24) is 14.5 Å². The van der Waals surface area contributed by atoms with Gasteiger partial charge in [-0.05, 0) is 49.6 Å². The van der Waals surface area contributed by atoms with Crippen LogP contribution >= 0.6 is 15.9 Å². The highest BCUT2D eigenvalue weighted by Crippen LogP contribution is 2.30. The number of piperazine rings is 1. The molecule has 2 aliphatic rings. The van der Waals surface area contributed by atoms with E-state index in [4.69, 9.17) is 4.74 Å². The number of sulfonamides is 1. The van der Waals surface area contributed by atoms with Crippen LogP contribution in [-0.4, -0.2) is 69.3 Å². The van der Waals surface area contributed by atoms with Crippen molar-refractivity contribution < 1.29 is 13.2 Å². The number of ether oxygens (including phenoxy) is 1. The van der Waals surface area contributed by atoms with Gasteiger partial charge in [-0.2, -0.15) is 4.31 Å². The number of methoxy groups -OCH3 is 1. The van der Waals surface area contributed by atoms with Gasteiger partial charge in [0.15, 0.2) is 11.6 Å². The van der Waals surface area contributed by atoms with Gasteiger partial charge >= 0.3 is 0 Å². The first kappa shape index (κ1) is 21.3. The van der Waals surface area contributed by atoms with E-state index in [2.05, 4.69) is 35.9 Å². The van der Waals surface area contributed by atoms with Crippen LogP contribution in [0.25, 0.3) is 0 Å². The average Bonchev–Trinajstić information content (AvgIpc) is 2.80. The van der Waals surface area contributed by atoms with Crippen LogP contribution < -0.4 is 14.5 Å². The van der Waals surface area contributed by atoms with Gasteiger partial charge in [-0.1, -0.05) is 15.9 Å². The number of hydrogen-bond acceptors (Lipinski definition) is 7. The number of halogens is 1. The van der Waals surface area contributed by atoms with Crippen LogP contribution in [-0.2, 0) is 10.0 Å². The third-order valence-corrected chi connectivity index (χ3v) is 8.04. The lowest BCUT2D eigenvalue weighted by atomic mass is 10.1. The van der Waals surface area contributed by atoms with E-state index < -0.39 is 10.0 Å². The summed E-state index contributed by atoms with van der Waals surface area (Å²) in [6, 6.07) is 9.02. The van der Waals surface area contributed by atoms with Crippen molar-refractivity contribution in [3.05, 3.63) is 34.8 Å². The zero-order chi connectivity index (χ0) is 21.1. The third-order valence-electron chi connectivity index (χ3n) is 5.62. The van der Waals surface area contributed by atoms with Crippen molar-refractivity contribution in [3.63, 3.8) is 0 Å². The maximum atomic E-state index is 13.2. The maximum Gasteiger partial charge on any atom is 0.246 e. The summed E-state index contributed by atoms with van der Waals surface area (Å²) in [5, 5.41) is 8.81. The summed E-state index contributed by atoms with van der Waals surface area (Å²) in [5.41, 5.74) is 0. The molecule has 0 aliphatic carbocycles. The maximum absolute atomic E-state index is 13.2. The molecular formula is C20H26BrN5O3S. The molecule has 2 saturated heterocycles. The molecule has 0 unspecified atom stereocenters. The fourth-order valence-corrected chi connectivity index (χ4v) is 6.04. The lowest BCUT2D eigenvalue weighted by Crippen LogP contribution is -2.49. The summed E-state index contributed by atoms with van der Waals surface area (Å²) < 4.78 is 33.8. The smallest absolute Gasteiger partial charge is 0.246 e. The normalized spacial score (nSPS) is 18.5. The molecule has 30 heavy (non-hydrogen) atoms. The van der Waals surface area contributed by atoms with Gasteiger partial charge < -0.3 is 14.5 Å². The van der Waals surface area contributed by atoms with Gasteiger partial charge in [-0.25, -0.2) is 8.42 Å². The Labute approximate surface area is 186 Å². The standard InChI is InChI=1S/C20H26BrN5O3S/c1-29-17-6-5-16(21)15-18(17)30(27,28)26-13-11-25(12-14-26)20-8-7-19(22-23-20)24-9-3-2-4-10-24/h5-8,15H,2-4,9-14H2,1H3. The summed E-state index contributed by atoms with van der Waals surface area (Å²) in [5.74, 6) is 2.05. The first-order valence-corrected chi connectivity index (χ1v) is 12.4. The van der Waals surface area contributed by atoms with Gasteiger partial charge in [0.05, 0.1) is 7.11 Å². The van der Waals surface area contributed by atoms with Crippen LogP contribution in [0, 0.1) is 0 Å². The Morgan fingerprint density at radius 2 is 1.47 bits per heavy atom. The van der Waals surface area contributed by atoms with Gasteiger partial charge in [0.1, 0.15) is 10.6 Å². The first-order valence-electron chi connectivity index (χ1n) is 10.2. The second kappa shape index (κ2) is 9.07. The summed E-state index contributed by atoms with van der Waals surface area (Å²) >= 11 is 3.35. The van der Waals surface area contributed by atoms with Gasteiger partial charge in [-0.15, -0.1) is 10.2 Å². The Balaban J connectivity index is 1.43. The number of aromatic nitrogens is 2. The van der Waals surface area contributed by atoms with E-state index in [0.29, 0.717) is 36.4 Å². The van der Waals surface area contributed by atoms with E-state index in [-0.39, 0.29) is 4.90 Å². The van der Waals surface area contributed by atoms with Crippen molar-refractivity contribution in [2.75, 3.05) is 56.2 Å². The number of benzene rings is 1. The molecule has 2 aromatic rings. The molecule has 2 fully saturated rings. The fraction of sp³-hybridized carbons (Fsp3) is 0.500. The van der Waals surface area contributed by atoms with E-state index >= 15 is 0 Å². The lowest BCUT2D eigenvalue weighted by molar-refractivity contribution is 0.373. The molecule has 0 amide bonds. The fourth-order valence-electron chi connectivity index (χ4n) is 3.93. The molecule has 1 aromatic heterocycles. The van der Waals surface area contributed by atoms with Crippen LogP contribution in [0.15, 0.2) is 39.7 Å². The van der Waals surface area contributed by atoms with E-state index in [0.717, 1.165) is 24.7 Å². The number of hydrogen-bond donors (Lipinski definition) is 0. The minimum Gasteiger partial charge on any atom is -0.495 e. The Hall–Kier alpha value is -1.91. The molecule has 0 bridgehead atoms. The van der Waals surface area contributed by atoms with Crippen LogP contribution in [0.3, 0.4) is 0 Å². The van der Waals surface area contributed by atoms with Crippen molar-refractivity contribution in [2.45, 2.75) is 24.2 Å². The number of anilines is 2. The summed E-state index contributed by atoms with van der Waals surface area (Å²) in [6.07, 6.45) is 3.67. The molecule has 8 nitrogen and oxygen atoms in total. The predicted molar refractivity (Wildman–Crippen MR) is 120 cm³/mol. The van der Waals surface area contributed by atoms with Crippen LogP contribution in [0.2, 0.25) is 0 Å². The number of piperidine rings is 1. The van der Waals surface area contributed by atoms with Crippen molar-refractivity contribution in [2.24, 2.45) is 0 Å². The van der Waals surface area contributed by atoms with E-state index in [1.165, 1.54) is 30.7 Å². The summed E-state index contributed by atoms with van der Waals surface area (Å²) in [6.45, 7) is 3.95. The van der Waals surface area contributed by atoms with Gasteiger partial charge in [-0.3, -0.25) is 0 Å². The Kier molecular flexibility index (Phi) is 6.45. The molecule has 0 radical (unpaired) electrons. The zero-order valence-electron chi connectivity index (χ0n) is 17.0. The highest BCUT2D eigenvalue weighted by Gasteiger charge is 2.31. The highest BCUT2D eigenvalue weighted by atomic mass is 79.9. The summed E-state index contributed by atoms with van der Waals surface area (Å²) in [4.78, 5) is 4.53. The molecule has 10 heteroatoms. The third kappa shape index (κ3) is 4.40. The Morgan fingerprint density at radius 3 is 2.03 bits per heavy atom. The molecule has 0 N–H and O–H groups in total. The molecule has 0 spiro atoms. The minimum atomic E-state index is -3.65. The molecule has 3 heterocycles. The monoisotopic (exact) mass is 495 g/mol. The SMILES string of the molecule is COc1ccc(Br)cc1S(=O)(=O)N1CCN(c2ccc(N3CCCCC3)nn2)CC1. The largest absolute Gasteiger partial charge is 0.495 e. The zero-order valence-corrected chi connectivity index (χ0v) is 19.4. The minimum absolute atomic E-state index is 0.179. The molecular weight excluding hydrogens is 470 g/mol. The number of nitrogens with zero attached hydrogens (tertiary/aromatic N) is 5.